The van der Waals surface area contributed by atoms with Gasteiger partial charge in [0.25, 0.3) is 0 Å². The summed E-state index contributed by atoms with van der Waals surface area (Å²) < 4.78 is 22.1. The highest BCUT2D eigenvalue weighted by Crippen LogP contribution is 2.33. The summed E-state index contributed by atoms with van der Waals surface area (Å²) in [5.74, 6) is 0.627. The molecule has 1 aromatic rings. The van der Waals surface area contributed by atoms with Crippen molar-refractivity contribution in [3.8, 4) is 0 Å². The molecule has 1 aromatic heterocycles. The fraction of sp³-hybridized carbons (Fsp3) is 0.500. The topological polar surface area (TPSA) is 111 Å². The minimum Gasteiger partial charge on any atom is -0.363 e. The summed E-state index contributed by atoms with van der Waals surface area (Å²) in [4.78, 5) is 4.05. The van der Waals surface area contributed by atoms with Crippen molar-refractivity contribution in [3.05, 3.63) is 18.3 Å². The number of rotatable bonds is 4. The van der Waals surface area contributed by atoms with Gasteiger partial charge in [-0.05, 0) is 31.4 Å². The molecule has 0 spiro atoms. The summed E-state index contributed by atoms with van der Waals surface area (Å²) in [6.07, 6.45) is 4.43. The van der Waals surface area contributed by atoms with Crippen molar-refractivity contribution in [2.75, 3.05) is 11.9 Å². The Morgan fingerprint density at radius 3 is 2.47 bits per heavy atom. The van der Waals surface area contributed by atoms with Gasteiger partial charge in [0.05, 0.1) is 5.54 Å². The second kappa shape index (κ2) is 4.25. The number of anilines is 1. The predicted octanol–water partition coefficient (Wildman–Crippen LogP) is 0.0223. The zero-order valence-electron chi connectivity index (χ0n) is 9.39. The lowest BCUT2D eigenvalue weighted by Gasteiger charge is -2.42. The van der Waals surface area contributed by atoms with Crippen LogP contribution in [0.25, 0.3) is 0 Å². The summed E-state index contributed by atoms with van der Waals surface area (Å²) in [7, 11) is -3.68. The van der Waals surface area contributed by atoms with Crippen molar-refractivity contribution in [2.45, 2.75) is 29.7 Å². The largest absolute Gasteiger partial charge is 0.363 e. The molecule has 1 saturated carbocycles. The second-order valence-corrected chi connectivity index (χ2v) is 5.95. The van der Waals surface area contributed by atoms with E-state index in [0.29, 0.717) is 12.4 Å². The quantitative estimate of drug-likeness (QED) is 0.703. The van der Waals surface area contributed by atoms with E-state index in [2.05, 4.69) is 10.3 Å². The van der Waals surface area contributed by atoms with Crippen LogP contribution in [0.4, 0.5) is 5.82 Å². The summed E-state index contributed by atoms with van der Waals surface area (Å²) >= 11 is 0. The van der Waals surface area contributed by atoms with Crippen LogP contribution in [0.5, 0.6) is 0 Å². The molecule has 6 nitrogen and oxygen atoms in total. The first kappa shape index (κ1) is 12.3. The average molecular weight is 256 g/mol. The van der Waals surface area contributed by atoms with Crippen molar-refractivity contribution < 1.29 is 8.42 Å². The summed E-state index contributed by atoms with van der Waals surface area (Å²) in [5, 5.41) is 8.24. The molecule has 0 amide bonds. The molecule has 1 aliphatic rings. The molecule has 0 aliphatic heterocycles. The zero-order valence-corrected chi connectivity index (χ0v) is 10.2. The Morgan fingerprint density at radius 2 is 2.12 bits per heavy atom. The molecule has 1 fully saturated rings. The Balaban J connectivity index is 2.14. The smallest absolute Gasteiger partial charge is 0.239 e. The Hall–Kier alpha value is -1.18. The van der Waals surface area contributed by atoms with Crippen LogP contribution in [0.3, 0.4) is 0 Å². The van der Waals surface area contributed by atoms with Gasteiger partial charge < -0.3 is 11.1 Å². The number of nitrogens with two attached hydrogens (primary N) is 2. The maximum absolute atomic E-state index is 11.1. The van der Waals surface area contributed by atoms with Crippen LogP contribution in [-0.2, 0) is 10.0 Å². The van der Waals surface area contributed by atoms with Gasteiger partial charge in [-0.3, -0.25) is 0 Å². The lowest BCUT2D eigenvalue weighted by Crippen LogP contribution is -2.51. The number of primary sulfonamides is 1. The number of hydrogen-bond donors (Lipinski definition) is 3. The van der Waals surface area contributed by atoms with E-state index >= 15 is 0 Å². The minimum absolute atomic E-state index is 0.0125. The van der Waals surface area contributed by atoms with E-state index in [1.807, 2.05) is 0 Å². The molecule has 0 aromatic carbocycles. The third-order valence-electron chi connectivity index (χ3n) is 3.16. The van der Waals surface area contributed by atoms with E-state index in [1.165, 1.54) is 12.3 Å². The third-order valence-corrected chi connectivity index (χ3v) is 4.06. The van der Waals surface area contributed by atoms with Gasteiger partial charge in [-0.1, -0.05) is 0 Å². The van der Waals surface area contributed by atoms with E-state index in [0.717, 1.165) is 19.3 Å². The first-order chi connectivity index (χ1) is 7.95. The average Bonchev–Trinajstić information content (AvgIpc) is 2.23. The second-order valence-electron chi connectivity index (χ2n) is 4.39. The first-order valence-corrected chi connectivity index (χ1v) is 6.97. The van der Waals surface area contributed by atoms with Gasteiger partial charge in [-0.2, -0.15) is 0 Å². The Bertz CT molecular complexity index is 488. The van der Waals surface area contributed by atoms with Crippen molar-refractivity contribution in [2.24, 2.45) is 10.9 Å². The highest BCUT2D eigenvalue weighted by molar-refractivity contribution is 7.89. The lowest BCUT2D eigenvalue weighted by molar-refractivity contribution is 0.286. The summed E-state index contributed by atoms with van der Waals surface area (Å²) in [6.45, 7) is 0.547. The number of nitrogens with one attached hydrogen (secondary N) is 1. The molecule has 17 heavy (non-hydrogen) atoms. The predicted molar refractivity (Wildman–Crippen MR) is 64.9 cm³/mol. The first-order valence-electron chi connectivity index (χ1n) is 5.42. The van der Waals surface area contributed by atoms with Gasteiger partial charge >= 0.3 is 0 Å². The van der Waals surface area contributed by atoms with Crippen LogP contribution >= 0.6 is 0 Å². The van der Waals surface area contributed by atoms with E-state index in [9.17, 15) is 8.42 Å². The Kier molecular flexibility index (Phi) is 3.07. The molecule has 0 unspecified atom stereocenters. The molecule has 0 saturated heterocycles. The fourth-order valence-electron chi connectivity index (χ4n) is 1.88. The van der Waals surface area contributed by atoms with Crippen LogP contribution in [0, 0.1) is 0 Å². The van der Waals surface area contributed by atoms with Crippen LogP contribution in [-0.4, -0.2) is 25.5 Å². The van der Waals surface area contributed by atoms with E-state index < -0.39 is 10.0 Å². The number of aromatic nitrogens is 1. The summed E-state index contributed by atoms with van der Waals surface area (Å²) in [6, 6.07) is 3.04. The highest BCUT2D eigenvalue weighted by atomic mass is 32.2. The summed E-state index contributed by atoms with van der Waals surface area (Å²) in [5.41, 5.74) is 5.64. The molecule has 1 heterocycles. The number of pyridine rings is 1. The van der Waals surface area contributed by atoms with Crippen molar-refractivity contribution in [3.63, 3.8) is 0 Å². The van der Waals surface area contributed by atoms with Crippen molar-refractivity contribution >= 4 is 15.8 Å². The Morgan fingerprint density at radius 1 is 1.41 bits per heavy atom. The van der Waals surface area contributed by atoms with Gasteiger partial charge in [-0.25, -0.2) is 18.5 Å². The lowest BCUT2D eigenvalue weighted by atomic mass is 9.77. The molecule has 0 atom stereocenters. The van der Waals surface area contributed by atoms with E-state index in [1.54, 1.807) is 6.07 Å². The molecule has 2 rings (SSSR count). The van der Waals surface area contributed by atoms with E-state index in [-0.39, 0.29) is 10.4 Å². The van der Waals surface area contributed by atoms with Crippen LogP contribution in [0.2, 0.25) is 0 Å². The minimum atomic E-state index is -3.68. The van der Waals surface area contributed by atoms with Crippen LogP contribution < -0.4 is 16.2 Å². The normalized spacial score (nSPS) is 18.5. The molecule has 94 valence electrons. The Labute approximate surface area is 100 Å². The van der Waals surface area contributed by atoms with Crippen LogP contribution in [0.15, 0.2) is 23.2 Å². The van der Waals surface area contributed by atoms with E-state index in [4.69, 9.17) is 10.9 Å². The molecule has 0 radical (unpaired) electrons. The van der Waals surface area contributed by atoms with Crippen molar-refractivity contribution in [1.29, 1.82) is 0 Å². The number of nitrogens with zero attached hydrogens (tertiary/aromatic N) is 1. The van der Waals surface area contributed by atoms with Crippen molar-refractivity contribution in [1.82, 2.24) is 4.98 Å². The standard InChI is InChI=1S/C10H16N4O2S/c11-7-10(4-1-5-10)14-9-3-2-8(6-13-9)17(12,15)16/h2-3,6H,1,4-5,7,11H2,(H,13,14)(H2,12,15,16). The molecule has 7 heteroatoms. The molecule has 1 aliphatic carbocycles. The molecular weight excluding hydrogens is 240 g/mol. The maximum Gasteiger partial charge on any atom is 0.239 e. The monoisotopic (exact) mass is 256 g/mol. The fourth-order valence-corrected chi connectivity index (χ4v) is 2.34. The van der Waals surface area contributed by atoms with Gasteiger partial charge in [0.15, 0.2) is 0 Å². The number of hydrogen-bond acceptors (Lipinski definition) is 5. The highest BCUT2D eigenvalue weighted by Gasteiger charge is 2.35. The van der Waals surface area contributed by atoms with Gasteiger partial charge in [0, 0.05) is 12.7 Å². The van der Waals surface area contributed by atoms with Gasteiger partial charge in [0.2, 0.25) is 10.0 Å². The van der Waals surface area contributed by atoms with Gasteiger partial charge in [-0.15, -0.1) is 0 Å². The maximum atomic E-state index is 11.1. The third kappa shape index (κ3) is 2.56. The number of sulfonamides is 1. The SMILES string of the molecule is NCC1(Nc2ccc(S(N)(=O)=O)cn2)CCC1. The molecule has 0 bridgehead atoms. The zero-order chi connectivity index (χ0) is 12.5. The van der Waals surface area contributed by atoms with Gasteiger partial charge in [0.1, 0.15) is 10.7 Å². The van der Waals surface area contributed by atoms with Crippen LogP contribution in [0.1, 0.15) is 19.3 Å². The molecule has 5 N–H and O–H groups in total. The molecular formula is C10H16N4O2S.